The Morgan fingerprint density at radius 3 is 1.35 bits per heavy atom. The van der Waals surface area contributed by atoms with Gasteiger partial charge in [-0.25, -0.2) is 0 Å². The summed E-state index contributed by atoms with van der Waals surface area (Å²) in [7, 11) is 0. The Kier molecular flexibility index (Phi) is 18.7. The molecular weight excluding hydrogens is 640 g/mol. The zero-order valence-corrected chi connectivity index (χ0v) is 27.8. The van der Waals surface area contributed by atoms with E-state index in [0.717, 1.165) is 0 Å². The van der Waals surface area contributed by atoms with Gasteiger partial charge in [-0.2, -0.15) is 0 Å². The Labute approximate surface area is 279 Å². The molecule has 278 valence electrons. The number of aliphatic hydroxyl groups is 6. The molecule has 2 aliphatic rings. The molecule has 0 saturated carbocycles. The average molecular weight is 695 g/mol. The zero-order chi connectivity index (χ0) is 35.8. The number of hydrogen-bond acceptors (Lipinski definition) is 14. The summed E-state index contributed by atoms with van der Waals surface area (Å²) in [6, 6.07) is -2.06. The lowest BCUT2D eigenvalue weighted by Gasteiger charge is -2.42. The Bertz CT molecular complexity index is 933. The molecule has 2 aliphatic heterocycles. The molecule has 0 aromatic carbocycles. The van der Waals surface area contributed by atoms with Crippen molar-refractivity contribution in [3.63, 3.8) is 0 Å². The number of rotatable bonds is 20. The molecule has 4 amide bonds. The van der Waals surface area contributed by atoms with E-state index in [4.69, 9.17) is 18.9 Å². The highest BCUT2D eigenvalue weighted by atomic mass is 16.7. The number of carbonyl (C=O) groups is 4. The van der Waals surface area contributed by atoms with E-state index in [2.05, 4.69) is 21.3 Å². The van der Waals surface area contributed by atoms with Crippen LogP contribution >= 0.6 is 0 Å². The molecule has 18 heteroatoms. The van der Waals surface area contributed by atoms with Gasteiger partial charge in [-0.05, 0) is 31.6 Å². The highest BCUT2D eigenvalue weighted by Gasteiger charge is 2.46. The number of nitrogens with one attached hydrogen (secondary N) is 4. The lowest BCUT2D eigenvalue weighted by atomic mass is 9.97. The predicted octanol–water partition coefficient (Wildman–Crippen LogP) is -3.88. The molecule has 10 N–H and O–H groups in total. The van der Waals surface area contributed by atoms with Crippen molar-refractivity contribution in [2.75, 3.05) is 39.5 Å². The van der Waals surface area contributed by atoms with E-state index in [1.54, 1.807) is 0 Å². The van der Waals surface area contributed by atoms with E-state index in [0.29, 0.717) is 38.8 Å². The summed E-state index contributed by atoms with van der Waals surface area (Å²) >= 11 is 0. The first-order valence-corrected chi connectivity index (χ1v) is 16.3. The van der Waals surface area contributed by atoms with Crippen molar-refractivity contribution in [1.82, 2.24) is 21.3 Å². The Hall–Kier alpha value is -2.52. The molecule has 0 radical (unpaired) electrons. The van der Waals surface area contributed by atoms with Crippen LogP contribution in [-0.4, -0.2) is 155 Å². The van der Waals surface area contributed by atoms with Crippen LogP contribution in [0.4, 0.5) is 0 Å². The van der Waals surface area contributed by atoms with Gasteiger partial charge in [0.25, 0.3) is 0 Å². The van der Waals surface area contributed by atoms with Gasteiger partial charge < -0.3 is 70.9 Å². The molecule has 18 nitrogen and oxygen atoms in total. The van der Waals surface area contributed by atoms with Gasteiger partial charge in [0.1, 0.15) is 48.7 Å². The van der Waals surface area contributed by atoms with E-state index >= 15 is 0 Å². The van der Waals surface area contributed by atoms with Crippen LogP contribution in [0.3, 0.4) is 0 Å². The van der Waals surface area contributed by atoms with Crippen LogP contribution in [0.25, 0.3) is 0 Å². The largest absolute Gasteiger partial charge is 0.394 e. The Morgan fingerprint density at radius 1 is 0.646 bits per heavy atom. The molecule has 2 rings (SSSR count). The lowest BCUT2D eigenvalue weighted by molar-refractivity contribution is -0.270. The van der Waals surface area contributed by atoms with Gasteiger partial charge in [0.2, 0.25) is 23.6 Å². The minimum Gasteiger partial charge on any atom is -0.394 e. The highest BCUT2D eigenvalue weighted by molar-refractivity contribution is 5.76. The first kappa shape index (κ1) is 41.7. The van der Waals surface area contributed by atoms with Crippen LogP contribution < -0.4 is 21.3 Å². The summed E-state index contributed by atoms with van der Waals surface area (Å²) in [5, 5.41) is 70.1. The third-order valence-electron chi connectivity index (χ3n) is 7.96. The second-order valence-corrected chi connectivity index (χ2v) is 12.2. The number of amides is 4. The van der Waals surface area contributed by atoms with Crippen LogP contribution in [0.5, 0.6) is 0 Å². The number of ether oxygens (including phenoxy) is 4. The number of unbranched alkanes of at least 4 members (excludes halogenated alkanes) is 2. The maximum absolute atomic E-state index is 12.3. The molecule has 0 aromatic heterocycles. The van der Waals surface area contributed by atoms with Gasteiger partial charge in [0.05, 0.1) is 13.2 Å². The molecular formula is C30H54N4O14. The molecule has 2 heterocycles. The van der Waals surface area contributed by atoms with Gasteiger partial charge in [-0.3, -0.25) is 19.2 Å². The molecule has 2 fully saturated rings. The van der Waals surface area contributed by atoms with Gasteiger partial charge in [-0.1, -0.05) is 6.92 Å². The van der Waals surface area contributed by atoms with Crippen molar-refractivity contribution in [3.8, 4) is 0 Å². The SMILES string of the molecule is CC(=O)NC1C(OCCCCC(=O)NCC(C)CNC(=O)CCCCOC2OC(CO)C(O)C(O)C2NC(C)=O)OC(CO)C(O)C1O. The van der Waals surface area contributed by atoms with Crippen LogP contribution in [0, 0.1) is 5.92 Å². The van der Waals surface area contributed by atoms with E-state index < -0.39 is 86.3 Å². The van der Waals surface area contributed by atoms with Crippen LogP contribution in [0.15, 0.2) is 0 Å². The molecule has 0 spiro atoms. The first-order chi connectivity index (χ1) is 22.8. The predicted molar refractivity (Wildman–Crippen MR) is 166 cm³/mol. The normalized spacial score (nSPS) is 31.0. The Balaban J connectivity index is 1.57. The average Bonchev–Trinajstić information content (AvgIpc) is 3.04. The van der Waals surface area contributed by atoms with Crippen LogP contribution in [0.2, 0.25) is 0 Å². The van der Waals surface area contributed by atoms with E-state index in [9.17, 15) is 49.8 Å². The fraction of sp³-hybridized carbons (Fsp3) is 0.867. The molecule has 0 bridgehead atoms. The van der Waals surface area contributed by atoms with Crippen molar-refractivity contribution in [2.24, 2.45) is 5.92 Å². The third kappa shape index (κ3) is 13.8. The highest BCUT2D eigenvalue weighted by Crippen LogP contribution is 2.24. The van der Waals surface area contributed by atoms with Gasteiger partial charge in [0.15, 0.2) is 12.6 Å². The van der Waals surface area contributed by atoms with E-state index in [1.807, 2.05) is 6.92 Å². The summed E-state index contributed by atoms with van der Waals surface area (Å²) in [4.78, 5) is 47.5. The topological polar surface area (TPSA) is 275 Å². The van der Waals surface area contributed by atoms with E-state index in [-0.39, 0.29) is 43.8 Å². The summed E-state index contributed by atoms with van der Waals surface area (Å²) in [5.74, 6) is -1.28. The molecule has 48 heavy (non-hydrogen) atoms. The van der Waals surface area contributed by atoms with Crippen molar-refractivity contribution in [2.45, 2.75) is 121 Å². The van der Waals surface area contributed by atoms with Gasteiger partial charge in [0, 0.05) is 53.0 Å². The van der Waals surface area contributed by atoms with Crippen molar-refractivity contribution in [1.29, 1.82) is 0 Å². The van der Waals surface area contributed by atoms with Crippen LogP contribution in [-0.2, 0) is 38.1 Å². The maximum atomic E-state index is 12.3. The maximum Gasteiger partial charge on any atom is 0.220 e. The molecule has 2 saturated heterocycles. The Morgan fingerprint density at radius 2 is 1.02 bits per heavy atom. The van der Waals surface area contributed by atoms with E-state index in [1.165, 1.54) is 13.8 Å². The summed E-state index contributed by atoms with van der Waals surface area (Å²) in [5.41, 5.74) is 0. The number of hydrogen-bond donors (Lipinski definition) is 10. The smallest absolute Gasteiger partial charge is 0.220 e. The fourth-order valence-electron chi connectivity index (χ4n) is 5.23. The molecule has 10 unspecified atom stereocenters. The standard InChI is InChI=1S/C30H54N4O14/c1-16(12-31-21(39)8-4-6-10-45-29-23(33-17(2)37)27(43)25(41)19(14-35)47-29)13-32-22(40)9-5-7-11-46-30-24(34-18(3)38)28(44)26(42)20(15-36)48-30/h16,19-20,23-30,35-36,41-44H,4-15H2,1-3H3,(H,31,39)(H,32,40)(H,33,37)(H,34,38). The van der Waals surface area contributed by atoms with Crippen molar-refractivity contribution in [3.05, 3.63) is 0 Å². The summed E-state index contributed by atoms with van der Waals surface area (Å²) in [6.45, 7) is 4.29. The number of aliphatic hydroxyl groups excluding tert-OH is 6. The third-order valence-corrected chi connectivity index (χ3v) is 7.96. The zero-order valence-electron chi connectivity index (χ0n) is 27.8. The fourth-order valence-corrected chi connectivity index (χ4v) is 5.23. The minimum atomic E-state index is -1.40. The second kappa shape index (κ2) is 21.5. The van der Waals surface area contributed by atoms with Gasteiger partial charge in [-0.15, -0.1) is 0 Å². The molecule has 0 aliphatic carbocycles. The first-order valence-electron chi connectivity index (χ1n) is 16.3. The quantitative estimate of drug-likeness (QED) is 0.0546. The molecule has 0 aromatic rings. The number of carbonyl (C=O) groups excluding carboxylic acids is 4. The van der Waals surface area contributed by atoms with Crippen molar-refractivity contribution >= 4 is 23.6 Å². The summed E-state index contributed by atoms with van der Waals surface area (Å²) in [6.07, 6.45) is -7.56. The van der Waals surface area contributed by atoms with Crippen molar-refractivity contribution < 1.29 is 68.8 Å². The molecule has 10 atom stereocenters. The van der Waals surface area contributed by atoms with Gasteiger partial charge >= 0.3 is 0 Å². The lowest BCUT2D eigenvalue weighted by Crippen LogP contribution is -2.64. The monoisotopic (exact) mass is 694 g/mol. The minimum absolute atomic E-state index is 0.0321. The second-order valence-electron chi connectivity index (χ2n) is 12.2. The summed E-state index contributed by atoms with van der Waals surface area (Å²) < 4.78 is 22.3. The van der Waals surface area contributed by atoms with Crippen LogP contribution in [0.1, 0.15) is 59.3 Å².